The van der Waals surface area contributed by atoms with Gasteiger partial charge in [-0.25, -0.2) is 4.98 Å². The lowest BCUT2D eigenvalue weighted by Crippen LogP contribution is -2.19. The fourth-order valence-electron chi connectivity index (χ4n) is 1.69. The van der Waals surface area contributed by atoms with E-state index in [0.717, 1.165) is 31.1 Å². The first-order valence-electron chi connectivity index (χ1n) is 5.48. The molecule has 5 nitrogen and oxygen atoms in total. The zero-order chi connectivity index (χ0) is 12.1. The Morgan fingerprint density at radius 3 is 3.00 bits per heavy atom. The molecule has 0 amide bonds. The Kier molecular flexibility index (Phi) is 4.22. The standard InChI is InChI=1S/C11H15N3O2S/c12-10(14-15)9-2-1-5-13-11(9)17-8-3-6-16-7-4-8/h1-2,5,8,15H,3-4,6-7H2,(H2,12,14). The first-order valence-corrected chi connectivity index (χ1v) is 6.36. The molecule has 17 heavy (non-hydrogen) atoms. The Morgan fingerprint density at radius 1 is 1.53 bits per heavy atom. The van der Waals surface area contributed by atoms with Crippen molar-refractivity contribution in [2.45, 2.75) is 23.1 Å². The molecule has 1 aliphatic heterocycles. The van der Waals surface area contributed by atoms with Gasteiger partial charge in [-0.1, -0.05) is 5.16 Å². The van der Waals surface area contributed by atoms with Crippen LogP contribution in [0.3, 0.4) is 0 Å². The van der Waals surface area contributed by atoms with Gasteiger partial charge in [0.2, 0.25) is 0 Å². The molecule has 6 heteroatoms. The molecule has 1 aromatic heterocycles. The van der Waals surface area contributed by atoms with E-state index in [4.69, 9.17) is 15.7 Å². The van der Waals surface area contributed by atoms with Crippen LogP contribution in [0.5, 0.6) is 0 Å². The molecule has 2 heterocycles. The number of rotatable bonds is 3. The molecule has 3 N–H and O–H groups in total. The van der Waals surface area contributed by atoms with Gasteiger partial charge in [0.25, 0.3) is 0 Å². The number of aromatic nitrogens is 1. The van der Waals surface area contributed by atoms with Crippen molar-refractivity contribution in [3.8, 4) is 0 Å². The van der Waals surface area contributed by atoms with E-state index in [0.29, 0.717) is 10.8 Å². The first kappa shape index (κ1) is 12.2. The molecule has 0 spiro atoms. The highest BCUT2D eigenvalue weighted by molar-refractivity contribution is 7.99. The summed E-state index contributed by atoms with van der Waals surface area (Å²) in [6, 6.07) is 3.59. The van der Waals surface area contributed by atoms with Gasteiger partial charge < -0.3 is 15.7 Å². The van der Waals surface area contributed by atoms with Crippen molar-refractivity contribution in [3.05, 3.63) is 23.9 Å². The van der Waals surface area contributed by atoms with Crippen molar-refractivity contribution in [2.75, 3.05) is 13.2 Å². The van der Waals surface area contributed by atoms with Crippen LogP contribution >= 0.6 is 11.8 Å². The molecule has 0 bridgehead atoms. The Bertz CT molecular complexity index is 405. The maximum Gasteiger partial charge on any atom is 0.172 e. The van der Waals surface area contributed by atoms with Crippen molar-refractivity contribution < 1.29 is 9.94 Å². The molecule has 2 rings (SSSR count). The molecule has 0 aromatic carbocycles. The maximum atomic E-state index is 8.72. The van der Waals surface area contributed by atoms with Crippen molar-refractivity contribution in [1.82, 2.24) is 4.98 Å². The van der Waals surface area contributed by atoms with Gasteiger partial charge in [-0.2, -0.15) is 0 Å². The van der Waals surface area contributed by atoms with E-state index in [1.165, 1.54) is 0 Å². The Morgan fingerprint density at radius 2 is 2.29 bits per heavy atom. The van der Waals surface area contributed by atoms with Crippen LogP contribution in [0.15, 0.2) is 28.5 Å². The second kappa shape index (κ2) is 5.88. The van der Waals surface area contributed by atoms with Crippen molar-refractivity contribution in [3.63, 3.8) is 0 Å². The number of oxime groups is 1. The van der Waals surface area contributed by atoms with Crippen molar-refractivity contribution in [1.29, 1.82) is 0 Å². The summed E-state index contributed by atoms with van der Waals surface area (Å²) in [6.45, 7) is 1.59. The molecule has 0 saturated carbocycles. The molecule has 0 atom stereocenters. The lowest BCUT2D eigenvalue weighted by molar-refractivity contribution is 0.1000. The summed E-state index contributed by atoms with van der Waals surface area (Å²) in [4.78, 5) is 4.29. The smallest absolute Gasteiger partial charge is 0.172 e. The number of nitrogens with zero attached hydrogens (tertiary/aromatic N) is 2. The predicted octanol–water partition coefficient (Wildman–Crippen LogP) is 1.45. The van der Waals surface area contributed by atoms with E-state index >= 15 is 0 Å². The van der Waals surface area contributed by atoms with Gasteiger partial charge >= 0.3 is 0 Å². The average Bonchev–Trinajstić information content (AvgIpc) is 2.40. The summed E-state index contributed by atoms with van der Waals surface area (Å²) < 4.78 is 5.31. The minimum absolute atomic E-state index is 0.104. The number of ether oxygens (including phenoxy) is 1. The van der Waals surface area contributed by atoms with E-state index in [2.05, 4.69) is 10.1 Å². The van der Waals surface area contributed by atoms with Crippen molar-refractivity contribution in [2.24, 2.45) is 10.9 Å². The van der Waals surface area contributed by atoms with Crippen LogP contribution in [0.4, 0.5) is 0 Å². The number of hydrogen-bond acceptors (Lipinski definition) is 5. The van der Waals surface area contributed by atoms with Crippen molar-refractivity contribution >= 4 is 17.6 Å². The molecular formula is C11H15N3O2S. The number of nitrogens with two attached hydrogens (primary N) is 1. The number of pyridine rings is 1. The molecule has 1 fully saturated rings. The van der Waals surface area contributed by atoms with Crippen LogP contribution in [-0.2, 0) is 4.74 Å². The zero-order valence-electron chi connectivity index (χ0n) is 9.37. The number of thioether (sulfide) groups is 1. The summed E-state index contributed by atoms with van der Waals surface area (Å²) in [5.41, 5.74) is 6.31. The Labute approximate surface area is 104 Å². The summed E-state index contributed by atoms with van der Waals surface area (Å²) in [7, 11) is 0. The highest BCUT2D eigenvalue weighted by Gasteiger charge is 2.18. The third-order valence-corrected chi connectivity index (χ3v) is 3.95. The molecule has 92 valence electrons. The maximum absolute atomic E-state index is 8.72. The molecule has 1 aliphatic rings. The van der Waals surface area contributed by atoms with Gasteiger partial charge in [0.1, 0.15) is 5.03 Å². The van der Waals surface area contributed by atoms with E-state index in [-0.39, 0.29) is 5.84 Å². The average molecular weight is 253 g/mol. The zero-order valence-corrected chi connectivity index (χ0v) is 10.2. The lowest BCUT2D eigenvalue weighted by atomic mass is 10.2. The summed E-state index contributed by atoms with van der Waals surface area (Å²) in [5, 5.41) is 13.1. The summed E-state index contributed by atoms with van der Waals surface area (Å²) in [6.07, 6.45) is 3.74. The van der Waals surface area contributed by atoms with E-state index in [9.17, 15) is 0 Å². The molecule has 0 aliphatic carbocycles. The second-order valence-corrected chi connectivity index (χ2v) is 5.06. The normalized spacial score (nSPS) is 18.2. The highest BCUT2D eigenvalue weighted by Crippen LogP contribution is 2.30. The van der Waals surface area contributed by atoms with E-state index in [1.54, 1.807) is 24.0 Å². The topological polar surface area (TPSA) is 80.7 Å². The summed E-state index contributed by atoms with van der Waals surface area (Å²) in [5.74, 6) is 0.104. The van der Waals surface area contributed by atoms with Gasteiger partial charge in [-0.15, -0.1) is 11.8 Å². The third kappa shape index (κ3) is 3.10. The first-order chi connectivity index (χ1) is 8.31. The monoisotopic (exact) mass is 253 g/mol. The fourth-order valence-corrected chi connectivity index (χ4v) is 2.85. The fraction of sp³-hybridized carbons (Fsp3) is 0.455. The van der Waals surface area contributed by atoms with Gasteiger partial charge in [0, 0.05) is 24.7 Å². The van der Waals surface area contributed by atoms with Crippen LogP contribution in [0, 0.1) is 0 Å². The molecule has 0 unspecified atom stereocenters. The third-order valence-electron chi connectivity index (χ3n) is 2.60. The summed E-state index contributed by atoms with van der Waals surface area (Å²) >= 11 is 1.67. The Hall–Kier alpha value is -1.27. The molecular weight excluding hydrogens is 238 g/mol. The predicted molar refractivity (Wildman–Crippen MR) is 66.4 cm³/mol. The minimum atomic E-state index is 0.104. The number of hydrogen-bond donors (Lipinski definition) is 2. The molecule has 0 radical (unpaired) electrons. The van der Waals surface area contributed by atoms with Gasteiger partial charge in [-0.3, -0.25) is 0 Å². The van der Waals surface area contributed by atoms with E-state index < -0.39 is 0 Å². The van der Waals surface area contributed by atoms with Crippen LogP contribution in [0.25, 0.3) is 0 Å². The van der Waals surface area contributed by atoms with Crippen LogP contribution in [-0.4, -0.2) is 34.5 Å². The SMILES string of the molecule is NC(=NO)c1cccnc1SC1CCOCC1. The number of amidine groups is 1. The van der Waals surface area contributed by atoms with Gasteiger partial charge in [0.15, 0.2) is 5.84 Å². The van der Waals surface area contributed by atoms with Crippen LogP contribution in [0.2, 0.25) is 0 Å². The second-order valence-electron chi connectivity index (χ2n) is 3.77. The van der Waals surface area contributed by atoms with Crippen LogP contribution < -0.4 is 5.73 Å². The van der Waals surface area contributed by atoms with Gasteiger partial charge in [-0.05, 0) is 25.0 Å². The van der Waals surface area contributed by atoms with Gasteiger partial charge in [0.05, 0.1) is 5.56 Å². The minimum Gasteiger partial charge on any atom is -0.409 e. The highest BCUT2D eigenvalue weighted by atomic mass is 32.2. The largest absolute Gasteiger partial charge is 0.409 e. The van der Waals surface area contributed by atoms with Crippen LogP contribution in [0.1, 0.15) is 18.4 Å². The molecule has 1 aromatic rings. The quantitative estimate of drug-likeness (QED) is 0.369. The Balaban J connectivity index is 2.14. The van der Waals surface area contributed by atoms with E-state index in [1.807, 2.05) is 6.07 Å². The molecule has 1 saturated heterocycles. The lowest BCUT2D eigenvalue weighted by Gasteiger charge is -2.21.